The molecule has 0 saturated carbocycles. The number of hydrogen-bond donors (Lipinski definition) is 0. The van der Waals surface area contributed by atoms with E-state index in [0.717, 1.165) is 11.1 Å². The van der Waals surface area contributed by atoms with Gasteiger partial charge in [-0.05, 0) is 42.0 Å². The second kappa shape index (κ2) is 10.3. The summed E-state index contributed by atoms with van der Waals surface area (Å²) in [5, 5.41) is 0.637. The fourth-order valence-electron chi connectivity index (χ4n) is 2.72. The summed E-state index contributed by atoms with van der Waals surface area (Å²) in [5.74, 6) is 0.917. The Hall–Kier alpha value is -3.24. The minimum absolute atomic E-state index is 0.123. The van der Waals surface area contributed by atoms with E-state index in [4.69, 9.17) is 25.8 Å². The average molecular weight is 409 g/mol. The number of carbonyl (C=O) groups excluding carboxylic acids is 1. The smallest absolute Gasteiger partial charge is 0.338 e. The minimum Gasteiger partial charge on any atom is -0.496 e. The number of carbonyl (C=O) groups is 1. The van der Waals surface area contributed by atoms with Gasteiger partial charge in [-0.25, -0.2) is 4.79 Å². The predicted octanol–water partition coefficient (Wildman–Crippen LogP) is 5.51. The first-order valence-corrected chi connectivity index (χ1v) is 9.51. The van der Waals surface area contributed by atoms with Gasteiger partial charge < -0.3 is 14.2 Å². The molecule has 0 heterocycles. The summed E-state index contributed by atoms with van der Waals surface area (Å²) in [4.78, 5) is 12.8. The standard InChI is InChI=1S/C24H21ClO4/c1-27-23-10-6-5-9-19(23)17-22(18-7-3-2-4-8-18)24(26)29-16-15-28-21-13-11-20(25)12-14-21/h2-14,17H,15-16H2,1H3/b22-17+. The molecule has 0 unspecified atom stereocenters. The second-order valence-corrected chi connectivity index (χ2v) is 6.54. The molecular weight excluding hydrogens is 388 g/mol. The number of benzene rings is 3. The molecule has 3 aromatic rings. The molecular formula is C24H21ClO4. The lowest BCUT2D eigenvalue weighted by atomic mass is 10.0. The molecule has 0 N–H and O–H groups in total. The molecule has 0 aliphatic rings. The molecule has 29 heavy (non-hydrogen) atoms. The van der Waals surface area contributed by atoms with Crippen molar-refractivity contribution in [2.75, 3.05) is 20.3 Å². The van der Waals surface area contributed by atoms with Crippen LogP contribution in [0.15, 0.2) is 78.9 Å². The van der Waals surface area contributed by atoms with Gasteiger partial charge in [-0.3, -0.25) is 0 Å². The molecule has 3 aromatic carbocycles. The molecule has 5 heteroatoms. The normalized spacial score (nSPS) is 11.0. The van der Waals surface area contributed by atoms with Crippen LogP contribution in [0.4, 0.5) is 0 Å². The van der Waals surface area contributed by atoms with Crippen molar-refractivity contribution in [3.63, 3.8) is 0 Å². The summed E-state index contributed by atoms with van der Waals surface area (Å²) in [7, 11) is 1.60. The van der Waals surface area contributed by atoms with E-state index in [1.54, 1.807) is 37.5 Å². The number of hydrogen-bond acceptors (Lipinski definition) is 4. The molecule has 0 bridgehead atoms. The molecule has 0 amide bonds. The van der Waals surface area contributed by atoms with Crippen molar-refractivity contribution < 1.29 is 19.0 Å². The van der Waals surface area contributed by atoms with E-state index in [1.807, 2.05) is 54.6 Å². The first kappa shape index (κ1) is 20.5. The third-order valence-corrected chi connectivity index (χ3v) is 4.39. The van der Waals surface area contributed by atoms with Crippen molar-refractivity contribution >= 4 is 29.2 Å². The van der Waals surface area contributed by atoms with Gasteiger partial charge in [-0.2, -0.15) is 0 Å². The van der Waals surface area contributed by atoms with Crippen LogP contribution in [0.5, 0.6) is 11.5 Å². The van der Waals surface area contributed by atoms with Crippen molar-refractivity contribution in [3.8, 4) is 11.5 Å². The zero-order valence-electron chi connectivity index (χ0n) is 16.0. The van der Waals surface area contributed by atoms with Crippen molar-refractivity contribution in [3.05, 3.63) is 95.0 Å². The maximum atomic E-state index is 12.8. The number of ether oxygens (including phenoxy) is 3. The van der Waals surface area contributed by atoms with Gasteiger partial charge in [0, 0.05) is 10.6 Å². The van der Waals surface area contributed by atoms with Crippen LogP contribution in [0, 0.1) is 0 Å². The quantitative estimate of drug-likeness (QED) is 0.213. The Balaban J connectivity index is 1.71. The van der Waals surface area contributed by atoms with Gasteiger partial charge >= 0.3 is 5.97 Å². The van der Waals surface area contributed by atoms with E-state index in [1.165, 1.54) is 0 Å². The SMILES string of the molecule is COc1ccccc1/C=C(/C(=O)OCCOc1ccc(Cl)cc1)c1ccccc1. The molecule has 0 spiro atoms. The highest BCUT2D eigenvalue weighted by atomic mass is 35.5. The van der Waals surface area contributed by atoms with Crippen LogP contribution in [0.3, 0.4) is 0 Å². The van der Waals surface area contributed by atoms with Crippen LogP contribution >= 0.6 is 11.6 Å². The summed E-state index contributed by atoms with van der Waals surface area (Å²) in [6.07, 6.45) is 1.77. The summed E-state index contributed by atoms with van der Waals surface area (Å²) in [6.45, 7) is 0.363. The lowest BCUT2D eigenvalue weighted by Gasteiger charge is -2.11. The Labute approximate surface area is 175 Å². The first-order chi connectivity index (χ1) is 14.2. The van der Waals surface area contributed by atoms with Crippen LogP contribution in [-0.2, 0) is 9.53 Å². The fourth-order valence-corrected chi connectivity index (χ4v) is 2.85. The van der Waals surface area contributed by atoms with Gasteiger partial charge in [-0.1, -0.05) is 60.1 Å². The number of halogens is 1. The second-order valence-electron chi connectivity index (χ2n) is 6.10. The van der Waals surface area contributed by atoms with Gasteiger partial charge in [0.05, 0.1) is 12.7 Å². The summed E-state index contributed by atoms with van der Waals surface area (Å²) in [6, 6.07) is 23.9. The Bertz CT molecular complexity index is 966. The number of esters is 1. The van der Waals surface area contributed by atoms with Crippen LogP contribution in [-0.4, -0.2) is 26.3 Å². The molecule has 3 rings (SSSR count). The molecule has 0 aliphatic heterocycles. The topological polar surface area (TPSA) is 44.8 Å². The molecule has 148 valence electrons. The third-order valence-electron chi connectivity index (χ3n) is 4.14. The lowest BCUT2D eigenvalue weighted by Crippen LogP contribution is -2.13. The van der Waals surface area contributed by atoms with Gasteiger partial charge in [-0.15, -0.1) is 0 Å². The monoisotopic (exact) mass is 408 g/mol. The number of para-hydroxylation sites is 1. The largest absolute Gasteiger partial charge is 0.496 e. The number of methoxy groups -OCH3 is 1. The summed E-state index contributed by atoms with van der Waals surface area (Å²) < 4.78 is 16.4. The van der Waals surface area contributed by atoms with E-state index >= 15 is 0 Å². The number of rotatable bonds is 8. The highest BCUT2D eigenvalue weighted by Gasteiger charge is 2.15. The Morgan fingerprint density at radius 1 is 0.897 bits per heavy atom. The highest BCUT2D eigenvalue weighted by molar-refractivity contribution is 6.30. The zero-order valence-corrected chi connectivity index (χ0v) is 16.8. The van der Waals surface area contributed by atoms with Gasteiger partial charge in [0.15, 0.2) is 0 Å². The van der Waals surface area contributed by atoms with E-state index in [0.29, 0.717) is 22.1 Å². The molecule has 0 radical (unpaired) electrons. The molecule has 0 aromatic heterocycles. The van der Waals surface area contributed by atoms with Crippen LogP contribution < -0.4 is 9.47 Å². The molecule has 0 saturated heterocycles. The van der Waals surface area contributed by atoms with Gasteiger partial charge in [0.1, 0.15) is 24.7 Å². The van der Waals surface area contributed by atoms with Crippen LogP contribution in [0.25, 0.3) is 11.6 Å². The summed E-state index contributed by atoms with van der Waals surface area (Å²) in [5.41, 5.74) is 2.01. The van der Waals surface area contributed by atoms with E-state index in [-0.39, 0.29) is 13.2 Å². The Morgan fingerprint density at radius 3 is 2.31 bits per heavy atom. The Morgan fingerprint density at radius 2 is 1.59 bits per heavy atom. The van der Waals surface area contributed by atoms with E-state index < -0.39 is 5.97 Å². The van der Waals surface area contributed by atoms with Crippen molar-refractivity contribution in [1.82, 2.24) is 0 Å². The van der Waals surface area contributed by atoms with E-state index in [2.05, 4.69) is 0 Å². The van der Waals surface area contributed by atoms with Gasteiger partial charge in [0.2, 0.25) is 0 Å². The van der Waals surface area contributed by atoms with Gasteiger partial charge in [0.25, 0.3) is 0 Å². The minimum atomic E-state index is -0.429. The predicted molar refractivity (Wildman–Crippen MR) is 115 cm³/mol. The third kappa shape index (κ3) is 5.87. The van der Waals surface area contributed by atoms with Crippen molar-refractivity contribution in [2.24, 2.45) is 0 Å². The van der Waals surface area contributed by atoms with Crippen LogP contribution in [0.2, 0.25) is 5.02 Å². The first-order valence-electron chi connectivity index (χ1n) is 9.13. The molecule has 0 aliphatic carbocycles. The Kier molecular flexibility index (Phi) is 7.31. The van der Waals surface area contributed by atoms with Crippen molar-refractivity contribution in [2.45, 2.75) is 0 Å². The van der Waals surface area contributed by atoms with Crippen LogP contribution in [0.1, 0.15) is 11.1 Å². The zero-order chi connectivity index (χ0) is 20.5. The highest BCUT2D eigenvalue weighted by Crippen LogP contribution is 2.25. The van der Waals surface area contributed by atoms with Crippen molar-refractivity contribution in [1.29, 1.82) is 0 Å². The summed E-state index contributed by atoms with van der Waals surface area (Å²) >= 11 is 5.86. The van der Waals surface area contributed by atoms with E-state index in [9.17, 15) is 4.79 Å². The average Bonchev–Trinajstić information content (AvgIpc) is 2.77. The molecule has 0 atom stereocenters. The maximum absolute atomic E-state index is 12.8. The molecule has 0 fully saturated rings. The fraction of sp³-hybridized carbons (Fsp3) is 0.125. The maximum Gasteiger partial charge on any atom is 0.338 e. The lowest BCUT2D eigenvalue weighted by molar-refractivity contribution is -0.137. The molecule has 4 nitrogen and oxygen atoms in total.